The summed E-state index contributed by atoms with van der Waals surface area (Å²) < 4.78 is 28.6. The normalized spacial score (nSPS) is 21.7. The fraction of sp³-hybridized carbons (Fsp3) is 0.615. The van der Waals surface area contributed by atoms with Crippen molar-refractivity contribution >= 4 is 29.0 Å². The van der Waals surface area contributed by atoms with Crippen LogP contribution in [0.15, 0.2) is 12.3 Å². The van der Waals surface area contributed by atoms with Gasteiger partial charge in [-0.15, -0.1) is 11.3 Å². The van der Waals surface area contributed by atoms with Gasteiger partial charge in [-0.2, -0.15) is 0 Å². The van der Waals surface area contributed by atoms with E-state index >= 15 is 0 Å². The average Bonchev–Trinajstić information content (AvgIpc) is 3.66. The van der Waals surface area contributed by atoms with Gasteiger partial charge in [0.1, 0.15) is 11.5 Å². The molecule has 2 saturated heterocycles. The maximum absolute atomic E-state index is 14.3. The Morgan fingerprint density at radius 3 is 2.41 bits per heavy atom. The molecular formula is C26H33F2N5O3S. The minimum atomic E-state index is -2.80. The van der Waals surface area contributed by atoms with Crippen molar-refractivity contribution in [2.24, 2.45) is 0 Å². The van der Waals surface area contributed by atoms with Crippen LogP contribution in [0.1, 0.15) is 97.5 Å². The fourth-order valence-corrected chi connectivity index (χ4v) is 6.69. The Bertz CT molecular complexity index is 1160. The van der Waals surface area contributed by atoms with Crippen LogP contribution in [0.4, 0.5) is 14.6 Å². The molecule has 37 heavy (non-hydrogen) atoms. The van der Waals surface area contributed by atoms with E-state index in [0.29, 0.717) is 5.82 Å². The Morgan fingerprint density at radius 2 is 1.81 bits per heavy atom. The highest BCUT2D eigenvalue weighted by Crippen LogP contribution is 2.42. The van der Waals surface area contributed by atoms with Crippen LogP contribution in [0.2, 0.25) is 0 Å². The number of aromatic nitrogens is 2. The molecule has 11 heteroatoms. The molecule has 5 rings (SSSR count). The van der Waals surface area contributed by atoms with E-state index in [4.69, 9.17) is 0 Å². The van der Waals surface area contributed by atoms with E-state index in [-0.39, 0.29) is 57.3 Å². The third kappa shape index (κ3) is 5.47. The molecular weight excluding hydrogens is 500 g/mol. The van der Waals surface area contributed by atoms with Gasteiger partial charge < -0.3 is 20.6 Å². The van der Waals surface area contributed by atoms with Gasteiger partial charge in [0, 0.05) is 42.0 Å². The molecule has 8 nitrogen and oxygen atoms in total. The molecule has 2 aliphatic heterocycles. The predicted molar refractivity (Wildman–Crippen MR) is 137 cm³/mol. The fourth-order valence-electron chi connectivity index (χ4n) is 5.68. The van der Waals surface area contributed by atoms with E-state index in [2.05, 4.69) is 20.6 Å². The minimum Gasteiger partial charge on any atom is -0.389 e. The number of nitrogens with zero attached hydrogens (tertiary/aromatic N) is 3. The molecule has 0 radical (unpaired) electrons. The van der Waals surface area contributed by atoms with Gasteiger partial charge in [-0.3, -0.25) is 9.59 Å². The second-order valence-electron chi connectivity index (χ2n) is 10.9. The SMILES string of the molecule is CC(C)(O)CNC(=O)c1nc(C(=O)N2[C@H]3CC[C@H]2CC3)c(-c2cnc(NC3CCCC3)cc2C(F)F)s1. The van der Waals surface area contributed by atoms with Gasteiger partial charge in [0.15, 0.2) is 5.01 Å². The summed E-state index contributed by atoms with van der Waals surface area (Å²) in [7, 11) is 0. The molecule has 0 unspecified atom stereocenters. The average molecular weight is 534 g/mol. The summed E-state index contributed by atoms with van der Waals surface area (Å²) in [5.74, 6) is -0.516. The first-order valence-corrected chi connectivity index (χ1v) is 13.8. The van der Waals surface area contributed by atoms with Gasteiger partial charge in [0.25, 0.3) is 18.2 Å². The van der Waals surface area contributed by atoms with Crippen LogP contribution in [-0.2, 0) is 0 Å². The molecule has 2 aromatic rings. The first-order valence-electron chi connectivity index (χ1n) is 13.0. The van der Waals surface area contributed by atoms with Gasteiger partial charge in [-0.05, 0) is 58.4 Å². The summed E-state index contributed by atoms with van der Waals surface area (Å²) in [6.07, 6.45) is 6.37. The van der Waals surface area contributed by atoms with E-state index in [0.717, 1.165) is 62.7 Å². The number of thiazole rings is 1. The van der Waals surface area contributed by atoms with Crippen LogP contribution >= 0.6 is 11.3 Å². The monoisotopic (exact) mass is 533 g/mol. The predicted octanol–water partition coefficient (Wildman–Crippen LogP) is 4.76. The number of hydrogen-bond acceptors (Lipinski definition) is 7. The molecule has 1 aliphatic carbocycles. The summed E-state index contributed by atoms with van der Waals surface area (Å²) in [4.78, 5) is 37.4. The summed E-state index contributed by atoms with van der Waals surface area (Å²) in [6, 6.07) is 1.79. The zero-order valence-corrected chi connectivity index (χ0v) is 21.9. The number of halogens is 2. The number of fused-ring (bicyclic) bond motifs is 2. The number of aliphatic hydroxyl groups is 1. The topological polar surface area (TPSA) is 107 Å². The first-order chi connectivity index (χ1) is 17.6. The second kappa shape index (κ2) is 10.2. The van der Waals surface area contributed by atoms with Gasteiger partial charge in [-0.25, -0.2) is 18.7 Å². The van der Waals surface area contributed by atoms with Crippen LogP contribution < -0.4 is 10.6 Å². The lowest BCUT2D eigenvalue weighted by molar-refractivity contribution is 0.0692. The molecule has 3 fully saturated rings. The van der Waals surface area contributed by atoms with Crippen LogP contribution in [0.5, 0.6) is 0 Å². The Hall–Kier alpha value is -2.66. The Kier molecular flexibility index (Phi) is 7.19. The molecule has 0 atom stereocenters. The zero-order chi connectivity index (χ0) is 26.3. The van der Waals surface area contributed by atoms with E-state index in [1.54, 1.807) is 13.8 Å². The summed E-state index contributed by atoms with van der Waals surface area (Å²) in [5, 5.41) is 15.8. The molecule has 200 valence electrons. The molecule has 3 N–H and O–H groups in total. The molecule has 2 bridgehead atoms. The smallest absolute Gasteiger partial charge is 0.280 e. The number of carbonyl (C=O) groups excluding carboxylic acids is 2. The van der Waals surface area contributed by atoms with Gasteiger partial charge in [0.2, 0.25) is 0 Å². The van der Waals surface area contributed by atoms with Crippen LogP contribution in [-0.4, -0.2) is 62.1 Å². The Morgan fingerprint density at radius 1 is 1.16 bits per heavy atom. The molecule has 1 saturated carbocycles. The quantitative estimate of drug-likeness (QED) is 0.452. The van der Waals surface area contributed by atoms with Crippen molar-refractivity contribution in [1.29, 1.82) is 0 Å². The number of carbonyl (C=O) groups is 2. The van der Waals surface area contributed by atoms with Crippen molar-refractivity contribution in [1.82, 2.24) is 20.2 Å². The van der Waals surface area contributed by atoms with Crippen molar-refractivity contribution in [3.8, 4) is 10.4 Å². The Balaban J connectivity index is 1.52. The van der Waals surface area contributed by atoms with E-state index in [1.165, 1.54) is 12.3 Å². The lowest BCUT2D eigenvalue weighted by Gasteiger charge is -2.22. The highest BCUT2D eigenvalue weighted by atomic mass is 32.1. The standard InChI is InChI=1S/C26H33F2N5O3S/c1-26(2,36)13-30-23(34)24-32-20(25(35)33-15-7-8-16(33)10-9-15)21(37-24)18-12-29-19(11-17(18)22(27)28)31-14-5-3-4-6-14/h11-12,14-16,22,36H,3-10,13H2,1-2H3,(H,29,31)(H,30,34)/t15-,16-. The summed E-state index contributed by atoms with van der Waals surface area (Å²) in [5.41, 5.74) is -1.27. The first kappa shape index (κ1) is 26.0. The number of anilines is 1. The lowest BCUT2D eigenvalue weighted by Crippen LogP contribution is -2.38. The van der Waals surface area contributed by atoms with Crippen molar-refractivity contribution in [3.63, 3.8) is 0 Å². The second-order valence-corrected chi connectivity index (χ2v) is 11.9. The number of rotatable bonds is 8. The number of alkyl halides is 2. The summed E-state index contributed by atoms with van der Waals surface area (Å²) in [6.45, 7) is 3.09. The number of pyridine rings is 1. The number of nitrogens with one attached hydrogen (secondary N) is 2. The molecule has 2 aromatic heterocycles. The van der Waals surface area contributed by atoms with Crippen molar-refractivity contribution in [2.45, 2.75) is 95.4 Å². The van der Waals surface area contributed by atoms with E-state index < -0.39 is 17.9 Å². The lowest BCUT2D eigenvalue weighted by atomic mass is 10.0. The maximum atomic E-state index is 14.3. The van der Waals surface area contributed by atoms with Crippen LogP contribution in [0, 0.1) is 0 Å². The molecule has 3 aliphatic rings. The van der Waals surface area contributed by atoms with E-state index in [1.807, 2.05) is 4.90 Å². The molecule has 0 spiro atoms. The third-order valence-corrected chi connectivity index (χ3v) is 8.60. The maximum Gasteiger partial charge on any atom is 0.280 e. The van der Waals surface area contributed by atoms with Crippen LogP contribution in [0.25, 0.3) is 10.4 Å². The molecule has 2 amide bonds. The minimum absolute atomic E-state index is 0.0115. The third-order valence-electron chi connectivity index (χ3n) is 7.52. The highest BCUT2D eigenvalue weighted by molar-refractivity contribution is 7.17. The molecule has 0 aromatic carbocycles. The van der Waals surface area contributed by atoms with Crippen molar-refractivity contribution in [2.75, 3.05) is 11.9 Å². The van der Waals surface area contributed by atoms with Crippen LogP contribution in [0.3, 0.4) is 0 Å². The highest BCUT2D eigenvalue weighted by Gasteiger charge is 2.44. The largest absolute Gasteiger partial charge is 0.389 e. The van der Waals surface area contributed by atoms with Gasteiger partial charge in [-0.1, -0.05) is 12.8 Å². The number of hydrogen-bond donors (Lipinski definition) is 3. The Labute approximate surface area is 218 Å². The van der Waals surface area contributed by atoms with Crippen molar-refractivity contribution < 1.29 is 23.5 Å². The van der Waals surface area contributed by atoms with Gasteiger partial charge in [0.05, 0.1) is 10.5 Å². The zero-order valence-electron chi connectivity index (χ0n) is 21.1. The van der Waals surface area contributed by atoms with Gasteiger partial charge >= 0.3 is 0 Å². The van der Waals surface area contributed by atoms with Crippen molar-refractivity contribution in [3.05, 3.63) is 28.5 Å². The van der Waals surface area contributed by atoms with E-state index in [9.17, 15) is 23.5 Å². The molecule has 4 heterocycles. The number of amides is 2. The summed E-state index contributed by atoms with van der Waals surface area (Å²) >= 11 is 0.906.